The van der Waals surface area contributed by atoms with Crippen LogP contribution in [0.15, 0.2) is 40.9 Å². The van der Waals surface area contributed by atoms with Gasteiger partial charge < -0.3 is 9.64 Å². The van der Waals surface area contributed by atoms with E-state index in [0.29, 0.717) is 24.9 Å². The van der Waals surface area contributed by atoms with Crippen LogP contribution in [-0.2, 0) is 16.6 Å². The summed E-state index contributed by atoms with van der Waals surface area (Å²) in [6, 6.07) is 12.6. The first-order valence-corrected chi connectivity index (χ1v) is 16.1. The van der Waals surface area contributed by atoms with Crippen molar-refractivity contribution in [3.63, 3.8) is 0 Å². The molecule has 1 aliphatic carbocycles. The average Bonchev–Trinajstić information content (AvgIpc) is 3.57. The number of fused-ring (bicyclic) bond motifs is 1. The molecule has 2 aromatic carbocycles. The number of rotatable bonds is 8. The van der Waals surface area contributed by atoms with Crippen LogP contribution in [0.1, 0.15) is 86.4 Å². The van der Waals surface area contributed by atoms with E-state index in [2.05, 4.69) is 69.5 Å². The zero-order chi connectivity index (χ0) is 28.5. The van der Waals surface area contributed by atoms with Gasteiger partial charge in [-0.25, -0.2) is 0 Å². The Hall–Kier alpha value is -2.71. The van der Waals surface area contributed by atoms with Gasteiger partial charge in [-0.3, -0.25) is 19.6 Å². The van der Waals surface area contributed by atoms with E-state index in [1.54, 1.807) is 0 Å². The van der Waals surface area contributed by atoms with Gasteiger partial charge in [-0.1, -0.05) is 40.2 Å². The molecule has 8 heteroatoms. The molecule has 1 aromatic heterocycles. The summed E-state index contributed by atoms with van der Waals surface area (Å²) >= 11 is 3.62. The van der Waals surface area contributed by atoms with Gasteiger partial charge in [0.05, 0.1) is 23.2 Å². The summed E-state index contributed by atoms with van der Waals surface area (Å²) in [6.45, 7) is 5.48. The van der Waals surface area contributed by atoms with Crippen LogP contribution in [-0.4, -0.2) is 52.2 Å². The first-order valence-electron chi connectivity index (χ1n) is 15.3. The fourth-order valence-electron chi connectivity index (χ4n) is 7.26. The van der Waals surface area contributed by atoms with Crippen molar-refractivity contribution in [3.05, 3.63) is 57.7 Å². The second-order valence-electron chi connectivity index (χ2n) is 12.3. The predicted molar refractivity (Wildman–Crippen MR) is 164 cm³/mol. The molecule has 1 N–H and O–H groups in total. The molecule has 218 valence electrons. The number of para-hydroxylation sites is 1. The largest absolute Gasteiger partial charge is 0.490 e. The summed E-state index contributed by atoms with van der Waals surface area (Å²) in [7, 11) is 1.98. The maximum Gasteiger partial charge on any atom is 0.235 e. The second kappa shape index (κ2) is 12.3. The minimum Gasteiger partial charge on any atom is -0.490 e. The van der Waals surface area contributed by atoms with Crippen LogP contribution in [0.2, 0.25) is 0 Å². The first-order chi connectivity index (χ1) is 19.9. The number of carbonyl (C=O) groups is 2. The zero-order valence-corrected chi connectivity index (χ0v) is 25.8. The fraction of sp³-hybridized carbons (Fsp3) is 0.545. The lowest BCUT2D eigenvalue weighted by Gasteiger charge is -2.30. The van der Waals surface area contributed by atoms with Crippen molar-refractivity contribution >= 4 is 38.6 Å². The normalized spacial score (nSPS) is 25.5. The number of nitrogens with zero attached hydrogens (tertiary/aromatic N) is 3. The van der Waals surface area contributed by atoms with Gasteiger partial charge in [-0.15, -0.1) is 0 Å². The lowest BCUT2D eigenvalue weighted by molar-refractivity contribution is -0.134. The van der Waals surface area contributed by atoms with E-state index >= 15 is 0 Å². The summed E-state index contributed by atoms with van der Waals surface area (Å²) < 4.78 is 9.42. The maximum atomic E-state index is 12.6. The number of piperidine rings is 1. The Bertz CT molecular complexity index is 1430. The molecule has 0 bridgehead atoms. The van der Waals surface area contributed by atoms with Crippen LogP contribution in [0.5, 0.6) is 5.75 Å². The van der Waals surface area contributed by atoms with Crippen LogP contribution in [0.4, 0.5) is 0 Å². The van der Waals surface area contributed by atoms with Gasteiger partial charge in [0.2, 0.25) is 11.8 Å². The van der Waals surface area contributed by atoms with Gasteiger partial charge >= 0.3 is 0 Å². The summed E-state index contributed by atoms with van der Waals surface area (Å²) in [5, 5.41) is 8.34. The number of aryl methyl sites for hydroxylation is 1. The van der Waals surface area contributed by atoms with E-state index < -0.39 is 0 Å². The number of halogens is 1. The highest BCUT2D eigenvalue weighted by molar-refractivity contribution is 9.10. The van der Waals surface area contributed by atoms with Crippen LogP contribution >= 0.6 is 15.9 Å². The highest BCUT2D eigenvalue weighted by Gasteiger charge is 2.33. The summed E-state index contributed by atoms with van der Waals surface area (Å²) in [4.78, 5) is 26.9. The Morgan fingerprint density at radius 2 is 1.85 bits per heavy atom. The number of ether oxygens (including phenoxy) is 1. The molecule has 2 saturated heterocycles. The number of aromatic nitrogens is 2. The Labute approximate surface area is 251 Å². The van der Waals surface area contributed by atoms with E-state index in [-0.39, 0.29) is 17.7 Å². The molecule has 41 heavy (non-hydrogen) atoms. The second-order valence-corrected chi connectivity index (χ2v) is 13.2. The van der Waals surface area contributed by atoms with E-state index in [1.165, 1.54) is 36.8 Å². The van der Waals surface area contributed by atoms with Gasteiger partial charge in [-0.05, 0) is 101 Å². The van der Waals surface area contributed by atoms with Crippen LogP contribution in [0, 0.1) is 12.8 Å². The number of hydrogen-bond donors (Lipinski definition) is 1. The molecule has 0 spiro atoms. The molecule has 7 nitrogen and oxygen atoms in total. The van der Waals surface area contributed by atoms with Crippen molar-refractivity contribution in [2.45, 2.75) is 82.7 Å². The smallest absolute Gasteiger partial charge is 0.235 e. The Balaban J connectivity index is 1.00. The topological polar surface area (TPSA) is 76.5 Å². The van der Waals surface area contributed by atoms with E-state index in [4.69, 9.17) is 9.84 Å². The van der Waals surface area contributed by atoms with E-state index in [9.17, 15) is 9.59 Å². The number of likely N-dealkylation sites (tertiary alicyclic amines) is 1. The zero-order valence-electron chi connectivity index (χ0n) is 24.2. The molecular weight excluding hydrogens is 580 g/mol. The standard InChI is InChI=1S/C33H41BrN4O3/c1-21-28(34)9-4-10-29(21)41-24-13-11-22(12-14-24)6-5-18-38-19-17-23(20-38)25-7-3-8-26-31(36-37(2)32(25)26)27-15-16-30(39)35-33(27)40/h3-4,7-10,22-24,27H,5-6,11-20H2,1-2H3,(H,35,39,40)/t22?,23-,24?,27+/m0/s1. The van der Waals surface area contributed by atoms with Gasteiger partial charge in [0.25, 0.3) is 0 Å². The van der Waals surface area contributed by atoms with Crippen LogP contribution < -0.4 is 10.1 Å². The monoisotopic (exact) mass is 620 g/mol. The number of carbonyl (C=O) groups excluding carboxylic acids is 2. The molecule has 6 rings (SSSR count). The van der Waals surface area contributed by atoms with Crippen LogP contribution in [0.25, 0.3) is 10.9 Å². The summed E-state index contributed by atoms with van der Waals surface area (Å²) in [6.07, 6.45) is 9.76. The third-order valence-electron chi connectivity index (χ3n) is 9.60. The molecule has 2 atom stereocenters. The third kappa shape index (κ3) is 6.09. The number of amides is 2. The molecule has 2 aliphatic heterocycles. The van der Waals surface area contributed by atoms with E-state index in [0.717, 1.165) is 71.6 Å². The Morgan fingerprint density at radius 3 is 2.66 bits per heavy atom. The van der Waals surface area contributed by atoms with Crippen molar-refractivity contribution in [2.75, 3.05) is 19.6 Å². The van der Waals surface area contributed by atoms with Gasteiger partial charge in [-0.2, -0.15) is 5.10 Å². The first kappa shape index (κ1) is 28.4. The molecular formula is C33H41BrN4O3. The summed E-state index contributed by atoms with van der Waals surface area (Å²) in [5.74, 6) is 1.52. The van der Waals surface area contributed by atoms with Crippen molar-refractivity contribution in [3.8, 4) is 5.75 Å². The number of nitrogens with one attached hydrogen (secondary N) is 1. The fourth-order valence-corrected chi connectivity index (χ4v) is 7.61. The quantitative estimate of drug-likeness (QED) is 0.296. The molecule has 3 fully saturated rings. The van der Waals surface area contributed by atoms with Crippen molar-refractivity contribution in [1.82, 2.24) is 20.0 Å². The minimum absolute atomic E-state index is 0.188. The SMILES string of the molecule is Cc1c(Br)cccc1OC1CCC(CCCN2CC[C@H](c3cccc4c([C@H]5CCC(=O)NC5=O)nn(C)c34)C2)CC1. The average molecular weight is 622 g/mol. The van der Waals surface area contributed by atoms with E-state index in [1.807, 2.05) is 11.7 Å². The van der Waals surface area contributed by atoms with Crippen molar-refractivity contribution < 1.29 is 14.3 Å². The third-order valence-corrected chi connectivity index (χ3v) is 10.5. The highest BCUT2D eigenvalue weighted by atomic mass is 79.9. The Kier molecular flexibility index (Phi) is 8.50. The highest BCUT2D eigenvalue weighted by Crippen LogP contribution is 2.37. The van der Waals surface area contributed by atoms with Crippen molar-refractivity contribution in [2.24, 2.45) is 13.0 Å². The molecule has 0 unspecified atom stereocenters. The lowest BCUT2D eigenvalue weighted by Crippen LogP contribution is -2.39. The molecule has 3 heterocycles. The maximum absolute atomic E-state index is 12.6. The Morgan fingerprint density at radius 1 is 1.05 bits per heavy atom. The molecule has 3 aromatic rings. The molecule has 1 saturated carbocycles. The predicted octanol–water partition coefficient (Wildman–Crippen LogP) is 6.37. The van der Waals surface area contributed by atoms with Gasteiger partial charge in [0.1, 0.15) is 5.75 Å². The van der Waals surface area contributed by atoms with Gasteiger partial charge in [0, 0.05) is 35.4 Å². The van der Waals surface area contributed by atoms with Gasteiger partial charge in [0.15, 0.2) is 0 Å². The molecule has 3 aliphatic rings. The minimum atomic E-state index is -0.363. The number of benzene rings is 2. The van der Waals surface area contributed by atoms with Crippen LogP contribution in [0.3, 0.4) is 0 Å². The number of imide groups is 1. The van der Waals surface area contributed by atoms with Crippen molar-refractivity contribution in [1.29, 1.82) is 0 Å². The lowest BCUT2D eigenvalue weighted by atomic mass is 9.84. The summed E-state index contributed by atoms with van der Waals surface area (Å²) in [5.41, 5.74) is 4.46. The molecule has 0 radical (unpaired) electrons. The number of hydrogen-bond acceptors (Lipinski definition) is 5. The molecule has 2 amide bonds.